The van der Waals surface area contributed by atoms with Crippen LogP contribution in [0.15, 0.2) is 24.3 Å². The Labute approximate surface area is 106 Å². The molecule has 1 atom stereocenters. The Morgan fingerprint density at radius 2 is 2.35 bits per heavy atom. The van der Waals surface area contributed by atoms with Crippen LogP contribution in [0.1, 0.15) is 24.8 Å². The van der Waals surface area contributed by atoms with E-state index >= 15 is 0 Å². The molecule has 2 rings (SSSR count). The average molecular weight is 253 g/mol. The molecule has 0 saturated carbocycles. The number of benzene rings is 1. The SMILES string of the molecule is NC(=O)C1(CCc2cccc(Cl)c2)CCCN1. The van der Waals surface area contributed by atoms with Gasteiger partial charge in [0, 0.05) is 5.02 Å². The van der Waals surface area contributed by atoms with Gasteiger partial charge in [0.25, 0.3) is 0 Å². The molecule has 3 N–H and O–H groups in total. The number of carbonyl (C=O) groups is 1. The third-order valence-corrected chi connectivity index (χ3v) is 3.68. The van der Waals surface area contributed by atoms with Gasteiger partial charge < -0.3 is 11.1 Å². The fraction of sp³-hybridized carbons (Fsp3) is 0.462. The minimum atomic E-state index is -0.512. The molecule has 0 radical (unpaired) electrons. The Kier molecular flexibility index (Phi) is 3.69. The number of nitrogens with two attached hydrogens (primary N) is 1. The summed E-state index contributed by atoms with van der Waals surface area (Å²) >= 11 is 5.93. The second-order valence-corrected chi connectivity index (χ2v) is 5.04. The molecule has 17 heavy (non-hydrogen) atoms. The summed E-state index contributed by atoms with van der Waals surface area (Å²) in [4.78, 5) is 11.5. The van der Waals surface area contributed by atoms with Crippen molar-refractivity contribution in [3.8, 4) is 0 Å². The van der Waals surface area contributed by atoms with E-state index in [-0.39, 0.29) is 5.91 Å². The molecule has 1 aromatic rings. The summed E-state index contributed by atoms with van der Waals surface area (Å²) < 4.78 is 0. The van der Waals surface area contributed by atoms with E-state index in [0.717, 1.165) is 42.8 Å². The van der Waals surface area contributed by atoms with Crippen molar-refractivity contribution in [3.05, 3.63) is 34.9 Å². The van der Waals surface area contributed by atoms with Crippen LogP contribution in [-0.2, 0) is 11.2 Å². The van der Waals surface area contributed by atoms with E-state index in [4.69, 9.17) is 17.3 Å². The molecule has 0 bridgehead atoms. The zero-order valence-electron chi connectivity index (χ0n) is 9.71. The van der Waals surface area contributed by atoms with Gasteiger partial charge in [0.2, 0.25) is 5.91 Å². The van der Waals surface area contributed by atoms with Crippen LogP contribution in [0.3, 0.4) is 0 Å². The summed E-state index contributed by atoms with van der Waals surface area (Å²) in [5.41, 5.74) is 6.13. The van der Waals surface area contributed by atoms with Gasteiger partial charge in [-0.3, -0.25) is 4.79 Å². The zero-order chi connectivity index (χ0) is 12.3. The smallest absolute Gasteiger partial charge is 0.237 e. The van der Waals surface area contributed by atoms with Gasteiger partial charge in [-0.05, 0) is 49.9 Å². The number of amides is 1. The molecule has 3 nitrogen and oxygen atoms in total. The van der Waals surface area contributed by atoms with E-state index in [1.54, 1.807) is 0 Å². The molecule has 92 valence electrons. The molecule has 1 saturated heterocycles. The van der Waals surface area contributed by atoms with Crippen LogP contribution in [0, 0.1) is 0 Å². The number of rotatable bonds is 4. The molecule has 1 unspecified atom stereocenters. The summed E-state index contributed by atoms with van der Waals surface area (Å²) in [6, 6.07) is 7.74. The second-order valence-electron chi connectivity index (χ2n) is 4.61. The van der Waals surface area contributed by atoms with E-state index in [1.165, 1.54) is 0 Å². The normalized spacial score (nSPS) is 23.8. The standard InChI is InChI=1S/C13H17ClN2O/c14-11-4-1-3-10(9-11)5-7-13(12(15)17)6-2-8-16-13/h1,3-4,9,16H,2,5-8H2,(H2,15,17). The van der Waals surface area contributed by atoms with E-state index in [9.17, 15) is 4.79 Å². The Hall–Kier alpha value is -1.06. The molecule has 0 spiro atoms. The first kappa shape index (κ1) is 12.4. The maximum atomic E-state index is 11.5. The van der Waals surface area contributed by atoms with Gasteiger partial charge in [-0.15, -0.1) is 0 Å². The summed E-state index contributed by atoms with van der Waals surface area (Å²) in [6.07, 6.45) is 3.40. The summed E-state index contributed by atoms with van der Waals surface area (Å²) in [6.45, 7) is 0.873. The van der Waals surface area contributed by atoms with Crippen LogP contribution in [0.2, 0.25) is 5.02 Å². The number of hydrogen-bond acceptors (Lipinski definition) is 2. The summed E-state index contributed by atoms with van der Waals surface area (Å²) in [5.74, 6) is -0.239. The second kappa shape index (κ2) is 5.07. The predicted molar refractivity (Wildman–Crippen MR) is 68.9 cm³/mol. The lowest BCUT2D eigenvalue weighted by molar-refractivity contribution is -0.124. The van der Waals surface area contributed by atoms with Crippen molar-refractivity contribution >= 4 is 17.5 Å². The predicted octanol–water partition coefficient (Wildman–Crippen LogP) is 1.88. The maximum absolute atomic E-state index is 11.5. The number of aryl methyl sites for hydroxylation is 1. The first-order chi connectivity index (χ1) is 8.12. The topological polar surface area (TPSA) is 55.1 Å². The number of nitrogens with one attached hydrogen (secondary N) is 1. The molecular weight excluding hydrogens is 236 g/mol. The third-order valence-electron chi connectivity index (χ3n) is 3.44. The lowest BCUT2D eigenvalue weighted by Crippen LogP contribution is -2.51. The molecule has 4 heteroatoms. The number of primary amides is 1. The van der Waals surface area contributed by atoms with E-state index < -0.39 is 5.54 Å². The molecule has 1 aliphatic rings. The van der Waals surface area contributed by atoms with Gasteiger partial charge in [0.15, 0.2) is 0 Å². The van der Waals surface area contributed by atoms with Crippen LogP contribution in [0.25, 0.3) is 0 Å². The highest BCUT2D eigenvalue weighted by Gasteiger charge is 2.38. The summed E-state index contributed by atoms with van der Waals surface area (Å²) in [7, 11) is 0. The highest BCUT2D eigenvalue weighted by Crippen LogP contribution is 2.25. The number of hydrogen-bond donors (Lipinski definition) is 2. The number of carbonyl (C=O) groups excluding carboxylic acids is 1. The molecule has 1 aliphatic heterocycles. The fourth-order valence-electron chi connectivity index (χ4n) is 2.40. The highest BCUT2D eigenvalue weighted by molar-refractivity contribution is 6.30. The third kappa shape index (κ3) is 2.79. The van der Waals surface area contributed by atoms with E-state index in [2.05, 4.69) is 5.32 Å². The minimum absolute atomic E-state index is 0.239. The highest BCUT2D eigenvalue weighted by atomic mass is 35.5. The number of halogens is 1. The largest absolute Gasteiger partial charge is 0.368 e. The van der Waals surface area contributed by atoms with Gasteiger partial charge in [-0.25, -0.2) is 0 Å². The van der Waals surface area contributed by atoms with Crippen molar-refractivity contribution < 1.29 is 4.79 Å². The monoisotopic (exact) mass is 252 g/mol. The summed E-state index contributed by atoms with van der Waals surface area (Å²) in [5, 5.41) is 3.98. The zero-order valence-corrected chi connectivity index (χ0v) is 10.5. The van der Waals surface area contributed by atoms with Gasteiger partial charge in [0.1, 0.15) is 0 Å². The Bertz CT molecular complexity index is 414. The van der Waals surface area contributed by atoms with Gasteiger partial charge >= 0.3 is 0 Å². The molecule has 0 aliphatic carbocycles. The van der Waals surface area contributed by atoms with Gasteiger partial charge in [-0.2, -0.15) is 0 Å². The average Bonchev–Trinajstić information content (AvgIpc) is 2.76. The van der Waals surface area contributed by atoms with Gasteiger partial charge in [-0.1, -0.05) is 23.7 Å². The maximum Gasteiger partial charge on any atom is 0.237 e. The Balaban J connectivity index is 2.03. The van der Waals surface area contributed by atoms with Crippen molar-refractivity contribution in [3.63, 3.8) is 0 Å². The van der Waals surface area contributed by atoms with Crippen molar-refractivity contribution in [2.24, 2.45) is 5.73 Å². The van der Waals surface area contributed by atoms with E-state index in [0.29, 0.717) is 0 Å². The minimum Gasteiger partial charge on any atom is -0.368 e. The van der Waals surface area contributed by atoms with Crippen LogP contribution < -0.4 is 11.1 Å². The fourth-order valence-corrected chi connectivity index (χ4v) is 2.62. The van der Waals surface area contributed by atoms with Crippen LogP contribution in [0.5, 0.6) is 0 Å². The van der Waals surface area contributed by atoms with Crippen molar-refractivity contribution in [2.75, 3.05) is 6.54 Å². The van der Waals surface area contributed by atoms with Crippen LogP contribution >= 0.6 is 11.6 Å². The Morgan fingerprint density at radius 3 is 2.94 bits per heavy atom. The quantitative estimate of drug-likeness (QED) is 0.860. The van der Waals surface area contributed by atoms with Crippen LogP contribution in [0.4, 0.5) is 0 Å². The molecular formula is C13H17ClN2O. The first-order valence-corrected chi connectivity index (χ1v) is 6.30. The Morgan fingerprint density at radius 1 is 1.53 bits per heavy atom. The first-order valence-electron chi connectivity index (χ1n) is 5.92. The van der Waals surface area contributed by atoms with E-state index in [1.807, 2.05) is 24.3 Å². The molecule has 0 aromatic heterocycles. The van der Waals surface area contributed by atoms with Crippen molar-refractivity contribution in [1.82, 2.24) is 5.32 Å². The van der Waals surface area contributed by atoms with Crippen molar-refractivity contribution in [1.29, 1.82) is 0 Å². The molecule has 1 heterocycles. The van der Waals surface area contributed by atoms with Gasteiger partial charge in [0.05, 0.1) is 5.54 Å². The molecule has 1 fully saturated rings. The van der Waals surface area contributed by atoms with Crippen molar-refractivity contribution in [2.45, 2.75) is 31.2 Å². The van der Waals surface area contributed by atoms with Crippen LogP contribution in [-0.4, -0.2) is 18.0 Å². The molecule has 1 amide bonds. The molecule has 1 aromatic carbocycles. The lowest BCUT2D eigenvalue weighted by atomic mass is 9.89. The lowest BCUT2D eigenvalue weighted by Gasteiger charge is -2.25.